The quantitative estimate of drug-likeness (QED) is 0.841. The number of aliphatic hydroxyl groups is 1. The third-order valence-electron chi connectivity index (χ3n) is 3.79. The fourth-order valence-corrected chi connectivity index (χ4v) is 2.62. The van der Waals surface area contributed by atoms with Gasteiger partial charge in [-0.05, 0) is 37.5 Å². The van der Waals surface area contributed by atoms with Crippen molar-refractivity contribution in [1.82, 2.24) is 5.32 Å². The minimum Gasteiger partial charge on any atom is -0.387 e. The number of hydrogen-bond acceptors (Lipinski definition) is 2. The van der Waals surface area contributed by atoms with Crippen LogP contribution in [0.2, 0.25) is 5.02 Å². The van der Waals surface area contributed by atoms with Gasteiger partial charge in [0.2, 0.25) is 0 Å². The summed E-state index contributed by atoms with van der Waals surface area (Å²) in [6.07, 6.45) is -0.0599. The van der Waals surface area contributed by atoms with Crippen molar-refractivity contribution in [2.45, 2.75) is 32.4 Å². The lowest BCUT2D eigenvalue weighted by Gasteiger charge is -2.19. The van der Waals surface area contributed by atoms with Gasteiger partial charge in [-0.25, -0.2) is 4.39 Å². The lowest BCUT2D eigenvalue weighted by Crippen LogP contribution is -2.32. The van der Waals surface area contributed by atoms with Crippen molar-refractivity contribution >= 4 is 11.6 Å². The standard InChI is InChI=1S/C18H21ClFNO/c1-12-6-3-4-7-14(12)10-13(2)21-11-17(22)15-8-5-9-16(19)18(15)20/h3-9,13,17,21-22H,10-11H2,1-2H3/t13?,17-/m0/s1. The van der Waals surface area contributed by atoms with Crippen LogP contribution in [0.5, 0.6) is 0 Å². The molecule has 2 N–H and O–H groups in total. The van der Waals surface area contributed by atoms with Gasteiger partial charge in [0.05, 0.1) is 11.1 Å². The number of aryl methyl sites for hydroxylation is 1. The van der Waals surface area contributed by atoms with E-state index in [2.05, 4.69) is 24.4 Å². The van der Waals surface area contributed by atoms with E-state index in [1.54, 1.807) is 12.1 Å². The molecule has 0 amide bonds. The van der Waals surface area contributed by atoms with Crippen LogP contribution in [0, 0.1) is 12.7 Å². The van der Waals surface area contributed by atoms with Crippen molar-refractivity contribution in [2.24, 2.45) is 0 Å². The van der Waals surface area contributed by atoms with Crippen LogP contribution in [0.3, 0.4) is 0 Å². The predicted molar refractivity (Wildman–Crippen MR) is 88.7 cm³/mol. The fourth-order valence-electron chi connectivity index (χ4n) is 2.44. The van der Waals surface area contributed by atoms with E-state index in [9.17, 15) is 9.50 Å². The van der Waals surface area contributed by atoms with Crippen molar-refractivity contribution < 1.29 is 9.50 Å². The number of aliphatic hydroxyl groups excluding tert-OH is 1. The van der Waals surface area contributed by atoms with Crippen LogP contribution in [-0.4, -0.2) is 17.7 Å². The van der Waals surface area contributed by atoms with Crippen LogP contribution in [0.25, 0.3) is 0 Å². The minimum absolute atomic E-state index is 0.0320. The van der Waals surface area contributed by atoms with Gasteiger partial charge in [0.25, 0.3) is 0 Å². The molecule has 2 aromatic carbocycles. The van der Waals surface area contributed by atoms with Gasteiger partial charge in [-0.15, -0.1) is 0 Å². The molecular formula is C18H21ClFNO. The highest BCUT2D eigenvalue weighted by molar-refractivity contribution is 6.30. The number of nitrogens with one attached hydrogen (secondary N) is 1. The molecule has 0 fully saturated rings. The van der Waals surface area contributed by atoms with Crippen LogP contribution in [0.1, 0.15) is 29.7 Å². The molecule has 0 aliphatic carbocycles. The van der Waals surface area contributed by atoms with Gasteiger partial charge in [0, 0.05) is 18.2 Å². The summed E-state index contributed by atoms with van der Waals surface area (Å²) in [5.41, 5.74) is 2.74. The van der Waals surface area contributed by atoms with E-state index in [1.165, 1.54) is 17.2 Å². The Hall–Kier alpha value is -1.42. The molecule has 0 heterocycles. The zero-order valence-corrected chi connectivity index (χ0v) is 13.6. The maximum atomic E-state index is 13.9. The van der Waals surface area contributed by atoms with Crippen molar-refractivity contribution in [3.63, 3.8) is 0 Å². The highest BCUT2D eigenvalue weighted by atomic mass is 35.5. The van der Waals surface area contributed by atoms with Gasteiger partial charge in [-0.1, -0.05) is 48.0 Å². The van der Waals surface area contributed by atoms with Crippen LogP contribution < -0.4 is 5.32 Å². The van der Waals surface area contributed by atoms with E-state index in [-0.39, 0.29) is 23.2 Å². The summed E-state index contributed by atoms with van der Waals surface area (Å²) in [5, 5.41) is 13.4. The summed E-state index contributed by atoms with van der Waals surface area (Å²) in [4.78, 5) is 0. The molecular weight excluding hydrogens is 301 g/mol. The van der Waals surface area contributed by atoms with Gasteiger partial charge >= 0.3 is 0 Å². The Morgan fingerprint density at radius 3 is 2.64 bits per heavy atom. The number of halogens is 2. The van der Waals surface area contributed by atoms with Crippen LogP contribution in [0.15, 0.2) is 42.5 Å². The van der Waals surface area contributed by atoms with Crippen LogP contribution >= 0.6 is 11.6 Å². The molecule has 0 spiro atoms. The summed E-state index contributed by atoms with van der Waals surface area (Å²) in [5.74, 6) is -0.551. The van der Waals surface area contributed by atoms with Gasteiger partial charge in [-0.2, -0.15) is 0 Å². The second-order valence-corrected chi connectivity index (χ2v) is 6.01. The van der Waals surface area contributed by atoms with Crippen molar-refractivity contribution in [3.05, 3.63) is 70.0 Å². The van der Waals surface area contributed by atoms with E-state index in [1.807, 2.05) is 19.1 Å². The Morgan fingerprint density at radius 2 is 1.91 bits per heavy atom. The summed E-state index contributed by atoms with van der Waals surface area (Å²) < 4.78 is 13.9. The van der Waals surface area contributed by atoms with E-state index in [4.69, 9.17) is 11.6 Å². The monoisotopic (exact) mass is 321 g/mol. The highest BCUT2D eigenvalue weighted by Crippen LogP contribution is 2.23. The molecule has 4 heteroatoms. The van der Waals surface area contributed by atoms with Gasteiger partial charge in [0.1, 0.15) is 5.82 Å². The molecule has 0 saturated heterocycles. The molecule has 0 aliphatic rings. The second-order valence-electron chi connectivity index (χ2n) is 5.60. The largest absolute Gasteiger partial charge is 0.387 e. The maximum Gasteiger partial charge on any atom is 0.147 e. The molecule has 0 aromatic heterocycles. The number of rotatable bonds is 6. The summed E-state index contributed by atoms with van der Waals surface area (Å²) in [6.45, 7) is 4.41. The average Bonchev–Trinajstić information content (AvgIpc) is 2.50. The van der Waals surface area contributed by atoms with E-state index in [0.717, 1.165) is 6.42 Å². The smallest absolute Gasteiger partial charge is 0.147 e. The zero-order valence-electron chi connectivity index (χ0n) is 12.8. The average molecular weight is 322 g/mol. The summed E-state index contributed by atoms with van der Waals surface area (Å²) in [6, 6.07) is 13.1. The molecule has 0 radical (unpaired) electrons. The van der Waals surface area contributed by atoms with Crippen LogP contribution in [0.4, 0.5) is 4.39 Å². The molecule has 2 nitrogen and oxygen atoms in total. The topological polar surface area (TPSA) is 32.3 Å². The maximum absolute atomic E-state index is 13.9. The Balaban J connectivity index is 1.92. The SMILES string of the molecule is Cc1ccccc1CC(C)NC[C@H](O)c1cccc(Cl)c1F. The molecule has 0 aliphatic heterocycles. The minimum atomic E-state index is -0.918. The first kappa shape index (κ1) is 16.9. The molecule has 1 unspecified atom stereocenters. The van der Waals surface area contributed by atoms with E-state index in [0.29, 0.717) is 0 Å². The van der Waals surface area contributed by atoms with Crippen molar-refractivity contribution in [2.75, 3.05) is 6.54 Å². The predicted octanol–water partition coefficient (Wildman–Crippen LogP) is 4.04. The van der Waals surface area contributed by atoms with E-state index >= 15 is 0 Å². The normalized spacial score (nSPS) is 13.9. The third-order valence-corrected chi connectivity index (χ3v) is 4.08. The molecule has 118 valence electrons. The van der Waals surface area contributed by atoms with Gasteiger partial charge in [0.15, 0.2) is 0 Å². The Labute approximate surface area is 135 Å². The summed E-state index contributed by atoms with van der Waals surface area (Å²) in [7, 11) is 0. The number of benzene rings is 2. The van der Waals surface area contributed by atoms with Gasteiger partial charge in [-0.3, -0.25) is 0 Å². The van der Waals surface area contributed by atoms with Crippen molar-refractivity contribution in [3.8, 4) is 0 Å². The van der Waals surface area contributed by atoms with E-state index < -0.39 is 11.9 Å². The first-order chi connectivity index (χ1) is 10.5. The summed E-state index contributed by atoms with van der Waals surface area (Å²) >= 11 is 5.74. The Kier molecular flexibility index (Phi) is 5.95. The first-order valence-corrected chi connectivity index (χ1v) is 7.76. The number of hydrogen-bond donors (Lipinski definition) is 2. The fraction of sp³-hybridized carbons (Fsp3) is 0.333. The molecule has 0 saturated carbocycles. The van der Waals surface area contributed by atoms with Gasteiger partial charge < -0.3 is 10.4 Å². The molecule has 22 heavy (non-hydrogen) atoms. The molecule has 2 rings (SSSR count). The zero-order chi connectivity index (χ0) is 16.1. The lowest BCUT2D eigenvalue weighted by molar-refractivity contribution is 0.166. The molecule has 2 aromatic rings. The Morgan fingerprint density at radius 1 is 1.18 bits per heavy atom. The first-order valence-electron chi connectivity index (χ1n) is 7.39. The molecule has 0 bridgehead atoms. The highest BCUT2D eigenvalue weighted by Gasteiger charge is 2.16. The lowest BCUT2D eigenvalue weighted by atomic mass is 10.0. The Bertz CT molecular complexity index is 632. The van der Waals surface area contributed by atoms with Crippen LogP contribution in [-0.2, 0) is 6.42 Å². The van der Waals surface area contributed by atoms with Crippen molar-refractivity contribution in [1.29, 1.82) is 0 Å². The second kappa shape index (κ2) is 7.73. The molecule has 2 atom stereocenters. The third kappa shape index (κ3) is 4.29.